The van der Waals surface area contributed by atoms with Crippen LogP contribution in [0.4, 0.5) is 0 Å². The third kappa shape index (κ3) is 6.14. The van der Waals surface area contributed by atoms with E-state index in [1.165, 1.54) is 34.9 Å². The maximum Gasteiger partial charge on any atom is 0.191 e. The molecule has 0 heterocycles. The molecule has 0 amide bonds. The van der Waals surface area contributed by atoms with E-state index in [0.717, 1.165) is 19.0 Å². The number of thioether (sulfide) groups is 1. The normalized spacial score (nSPS) is 11.7. The van der Waals surface area contributed by atoms with Crippen LogP contribution in [0.25, 0.3) is 10.8 Å². The van der Waals surface area contributed by atoms with Crippen LogP contribution >= 0.6 is 11.8 Å². The number of nitrogens with one attached hydrogen (secondary N) is 2. The van der Waals surface area contributed by atoms with E-state index in [9.17, 15) is 0 Å². The third-order valence-electron chi connectivity index (χ3n) is 3.65. The van der Waals surface area contributed by atoms with Crippen molar-refractivity contribution in [2.75, 3.05) is 25.1 Å². The third-order valence-corrected chi connectivity index (χ3v) is 4.34. The molecule has 0 aliphatic rings. The van der Waals surface area contributed by atoms with Gasteiger partial charge in [-0.15, -0.1) is 0 Å². The highest BCUT2D eigenvalue weighted by Crippen LogP contribution is 2.16. The Kier molecular flexibility index (Phi) is 7.81. The molecule has 3 nitrogen and oxygen atoms in total. The molecule has 0 aliphatic heterocycles. The zero-order valence-electron chi connectivity index (χ0n) is 14.1. The predicted octanol–water partition coefficient (Wildman–Crippen LogP) is 4.04. The molecule has 4 heteroatoms. The summed E-state index contributed by atoms with van der Waals surface area (Å²) in [5.74, 6) is 2.14. The van der Waals surface area contributed by atoms with Gasteiger partial charge in [0, 0.05) is 13.1 Å². The first kappa shape index (κ1) is 17.7. The predicted molar refractivity (Wildman–Crippen MR) is 104 cm³/mol. The minimum absolute atomic E-state index is 0.699. The zero-order chi connectivity index (χ0) is 16.3. The van der Waals surface area contributed by atoms with Crippen molar-refractivity contribution in [1.82, 2.24) is 10.6 Å². The molecular formula is C19H27N3S. The van der Waals surface area contributed by atoms with Gasteiger partial charge in [0.1, 0.15) is 0 Å². The van der Waals surface area contributed by atoms with Gasteiger partial charge in [-0.05, 0) is 54.2 Å². The van der Waals surface area contributed by atoms with Gasteiger partial charge in [-0.3, -0.25) is 0 Å². The Morgan fingerprint density at radius 3 is 2.65 bits per heavy atom. The number of fused-ring (bicyclic) bond motifs is 1. The molecule has 0 aromatic heterocycles. The number of unbranched alkanes of at least 4 members (excludes halogenated alkanes) is 1. The maximum atomic E-state index is 4.70. The summed E-state index contributed by atoms with van der Waals surface area (Å²) in [7, 11) is 0. The van der Waals surface area contributed by atoms with E-state index in [1.807, 2.05) is 11.8 Å². The molecule has 0 fully saturated rings. The lowest BCUT2D eigenvalue weighted by Crippen LogP contribution is -2.37. The summed E-state index contributed by atoms with van der Waals surface area (Å²) in [6.45, 7) is 4.66. The Bertz CT molecular complexity index is 625. The summed E-state index contributed by atoms with van der Waals surface area (Å²) in [5.41, 5.74) is 1.24. The number of hydrogen-bond acceptors (Lipinski definition) is 2. The van der Waals surface area contributed by atoms with Gasteiger partial charge in [0.05, 0.1) is 6.54 Å². The highest BCUT2D eigenvalue weighted by molar-refractivity contribution is 7.98. The van der Waals surface area contributed by atoms with Gasteiger partial charge in [0.2, 0.25) is 0 Å². The molecule has 0 atom stereocenters. The minimum atomic E-state index is 0.699. The number of aliphatic imine (C=N–C) groups is 1. The van der Waals surface area contributed by atoms with E-state index >= 15 is 0 Å². The van der Waals surface area contributed by atoms with E-state index < -0.39 is 0 Å². The SMILES string of the molecule is CCNC(=NCc1ccc2ccccc2c1)NCCCCSC. The summed E-state index contributed by atoms with van der Waals surface area (Å²) >= 11 is 1.91. The molecule has 2 rings (SSSR count). The summed E-state index contributed by atoms with van der Waals surface area (Å²) in [5, 5.41) is 9.28. The van der Waals surface area contributed by atoms with Crippen molar-refractivity contribution in [2.24, 2.45) is 4.99 Å². The molecule has 2 N–H and O–H groups in total. The fourth-order valence-corrected chi connectivity index (χ4v) is 2.92. The fourth-order valence-electron chi connectivity index (χ4n) is 2.43. The Labute approximate surface area is 144 Å². The van der Waals surface area contributed by atoms with E-state index in [1.54, 1.807) is 0 Å². The quantitative estimate of drug-likeness (QED) is 0.436. The van der Waals surface area contributed by atoms with Crippen molar-refractivity contribution in [1.29, 1.82) is 0 Å². The number of benzene rings is 2. The lowest BCUT2D eigenvalue weighted by Gasteiger charge is -2.11. The summed E-state index contributed by atoms with van der Waals surface area (Å²) in [6, 6.07) is 15.0. The Morgan fingerprint density at radius 2 is 1.87 bits per heavy atom. The first-order valence-corrected chi connectivity index (χ1v) is 9.71. The molecule has 23 heavy (non-hydrogen) atoms. The molecule has 0 bridgehead atoms. The average Bonchev–Trinajstić information content (AvgIpc) is 2.59. The van der Waals surface area contributed by atoms with Crippen LogP contribution in [0.2, 0.25) is 0 Å². The molecule has 2 aromatic carbocycles. The second-order valence-electron chi connectivity index (χ2n) is 5.50. The highest BCUT2D eigenvalue weighted by Gasteiger charge is 1.99. The molecule has 0 saturated carbocycles. The number of nitrogens with zero attached hydrogens (tertiary/aromatic N) is 1. The molecule has 0 unspecified atom stereocenters. The maximum absolute atomic E-state index is 4.70. The van der Waals surface area contributed by atoms with Crippen molar-refractivity contribution < 1.29 is 0 Å². The topological polar surface area (TPSA) is 36.4 Å². The van der Waals surface area contributed by atoms with E-state index in [0.29, 0.717) is 6.54 Å². The standard InChI is InChI=1S/C19H27N3S/c1-3-20-19(21-12-6-7-13-23-2)22-15-16-10-11-17-8-4-5-9-18(17)14-16/h4-5,8-11,14H,3,6-7,12-13,15H2,1-2H3,(H2,20,21,22). The zero-order valence-corrected chi connectivity index (χ0v) is 15.0. The van der Waals surface area contributed by atoms with Gasteiger partial charge >= 0.3 is 0 Å². The first-order chi connectivity index (χ1) is 11.3. The van der Waals surface area contributed by atoms with E-state index in [-0.39, 0.29) is 0 Å². The van der Waals surface area contributed by atoms with Crippen LogP contribution in [0.15, 0.2) is 47.5 Å². The summed E-state index contributed by atoms with van der Waals surface area (Å²) < 4.78 is 0. The molecule has 0 saturated heterocycles. The molecule has 0 aliphatic carbocycles. The van der Waals surface area contributed by atoms with Crippen LogP contribution in [-0.2, 0) is 6.54 Å². The molecule has 2 aromatic rings. The molecule has 124 valence electrons. The van der Waals surface area contributed by atoms with Gasteiger partial charge in [0.15, 0.2) is 5.96 Å². The van der Waals surface area contributed by atoms with E-state index in [2.05, 4.69) is 66.3 Å². The average molecular weight is 330 g/mol. The van der Waals surface area contributed by atoms with Crippen molar-refractivity contribution >= 4 is 28.5 Å². The smallest absolute Gasteiger partial charge is 0.191 e. The second-order valence-corrected chi connectivity index (χ2v) is 6.49. The van der Waals surface area contributed by atoms with Crippen molar-refractivity contribution in [2.45, 2.75) is 26.3 Å². The molecule has 0 spiro atoms. The number of rotatable bonds is 8. The van der Waals surface area contributed by atoms with Crippen LogP contribution in [0.5, 0.6) is 0 Å². The van der Waals surface area contributed by atoms with Gasteiger partial charge in [-0.1, -0.05) is 36.4 Å². The van der Waals surface area contributed by atoms with Gasteiger partial charge < -0.3 is 10.6 Å². The van der Waals surface area contributed by atoms with Gasteiger partial charge in [-0.2, -0.15) is 11.8 Å². The van der Waals surface area contributed by atoms with Crippen LogP contribution in [0.3, 0.4) is 0 Å². The van der Waals surface area contributed by atoms with E-state index in [4.69, 9.17) is 4.99 Å². The second kappa shape index (κ2) is 10.2. The Hall–Kier alpha value is -1.68. The van der Waals surface area contributed by atoms with Crippen LogP contribution in [-0.4, -0.2) is 31.1 Å². The van der Waals surface area contributed by atoms with Crippen molar-refractivity contribution in [3.05, 3.63) is 48.0 Å². The number of guanidine groups is 1. The monoisotopic (exact) mass is 329 g/mol. The van der Waals surface area contributed by atoms with Crippen molar-refractivity contribution in [3.8, 4) is 0 Å². The van der Waals surface area contributed by atoms with Gasteiger partial charge in [-0.25, -0.2) is 4.99 Å². The Morgan fingerprint density at radius 1 is 1.04 bits per heavy atom. The lowest BCUT2D eigenvalue weighted by molar-refractivity contribution is 0.734. The highest BCUT2D eigenvalue weighted by atomic mass is 32.2. The van der Waals surface area contributed by atoms with Gasteiger partial charge in [0.25, 0.3) is 0 Å². The van der Waals surface area contributed by atoms with Crippen LogP contribution < -0.4 is 10.6 Å². The van der Waals surface area contributed by atoms with Crippen LogP contribution in [0, 0.1) is 0 Å². The molecule has 0 radical (unpaired) electrons. The lowest BCUT2D eigenvalue weighted by atomic mass is 10.1. The summed E-state index contributed by atoms with van der Waals surface area (Å²) in [6.07, 6.45) is 4.59. The largest absolute Gasteiger partial charge is 0.357 e. The van der Waals surface area contributed by atoms with Crippen molar-refractivity contribution in [3.63, 3.8) is 0 Å². The fraction of sp³-hybridized carbons (Fsp3) is 0.421. The summed E-state index contributed by atoms with van der Waals surface area (Å²) in [4.78, 5) is 4.70. The minimum Gasteiger partial charge on any atom is -0.357 e. The molecular weight excluding hydrogens is 302 g/mol. The first-order valence-electron chi connectivity index (χ1n) is 8.32. The Balaban J connectivity index is 1.92. The van der Waals surface area contributed by atoms with Crippen LogP contribution in [0.1, 0.15) is 25.3 Å². The number of hydrogen-bond donors (Lipinski definition) is 2.